The number of nitrogens with zero attached hydrogens (tertiary/aromatic N) is 2. The Labute approximate surface area is 204 Å². The Morgan fingerprint density at radius 2 is 1.62 bits per heavy atom. The maximum atomic E-state index is 13.3. The number of hydrogen-bond acceptors (Lipinski definition) is 3. The fourth-order valence-corrected chi connectivity index (χ4v) is 5.44. The van der Waals surface area contributed by atoms with Crippen LogP contribution in [0.2, 0.25) is 5.02 Å². The number of hydrogen-bond donors (Lipinski definition) is 1. The molecule has 4 rings (SSSR count). The van der Waals surface area contributed by atoms with E-state index in [1.54, 1.807) is 4.90 Å². The molecule has 182 valence electrons. The van der Waals surface area contributed by atoms with Crippen molar-refractivity contribution in [3.8, 4) is 0 Å². The van der Waals surface area contributed by atoms with Gasteiger partial charge in [0.1, 0.15) is 11.6 Å². The summed E-state index contributed by atoms with van der Waals surface area (Å²) in [5.74, 6) is -0.638. The van der Waals surface area contributed by atoms with Gasteiger partial charge in [0.25, 0.3) is 0 Å². The van der Waals surface area contributed by atoms with Gasteiger partial charge in [0.15, 0.2) is 0 Å². The van der Waals surface area contributed by atoms with Gasteiger partial charge >= 0.3 is 0 Å². The van der Waals surface area contributed by atoms with E-state index in [1.165, 1.54) is 29.8 Å². The van der Waals surface area contributed by atoms with Gasteiger partial charge in [-0.1, -0.05) is 23.7 Å². The normalized spacial score (nSPS) is 19.6. The molecule has 0 aromatic heterocycles. The third-order valence-electron chi connectivity index (χ3n) is 7.23. The van der Waals surface area contributed by atoms with Gasteiger partial charge in [0.05, 0.1) is 6.61 Å². The Bertz CT molecular complexity index is 978. The summed E-state index contributed by atoms with van der Waals surface area (Å²) in [5.41, 5.74) is 1.65. The molecule has 2 fully saturated rings. The first-order valence-electron chi connectivity index (χ1n) is 12.0. The van der Waals surface area contributed by atoms with Crippen LogP contribution < -0.4 is 0 Å². The summed E-state index contributed by atoms with van der Waals surface area (Å²) in [6, 6.07) is 11.4. The van der Waals surface area contributed by atoms with Crippen LogP contribution in [-0.2, 0) is 4.79 Å². The van der Waals surface area contributed by atoms with Crippen LogP contribution in [0.1, 0.15) is 42.7 Å². The van der Waals surface area contributed by atoms with Crippen molar-refractivity contribution < 1.29 is 18.7 Å². The van der Waals surface area contributed by atoms with Crippen molar-refractivity contribution in [1.82, 2.24) is 9.80 Å². The molecule has 2 aliphatic rings. The Hall–Kier alpha value is -2.28. The fourth-order valence-electron chi connectivity index (χ4n) is 5.31. The lowest BCUT2D eigenvalue weighted by Crippen LogP contribution is -2.50. The van der Waals surface area contributed by atoms with Crippen molar-refractivity contribution in [2.45, 2.75) is 37.6 Å². The van der Waals surface area contributed by atoms with E-state index in [0.717, 1.165) is 49.9 Å². The van der Waals surface area contributed by atoms with Crippen molar-refractivity contribution in [2.75, 3.05) is 32.8 Å². The van der Waals surface area contributed by atoms with Gasteiger partial charge < -0.3 is 10.0 Å². The van der Waals surface area contributed by atoms with E-state index in [1.807, 2.05) is 12.1 Å². The number of halogens is 3. The predicted octanol–water partition coefficient (Wildman–Crippen LogP) is 5.11. The highest BCUT2D eigenvalue weighted by Crippen LogP contribution is 2.32. The molecule has 0 saturated carbocycles. The molecule has 34 heavy (non-hydrogen) atoms. The molecule has 1 amide bonds. The van der Waals surface area contributed by atoms with E-state index in [9.17, 15) is 18.7 Å². The smallest absolute Gasteiger partial charge is 0.246 e. The van der Waals surface area contributed by atoms with Crippen LogP contribution in [-0.4, -0.2) is 59.6 Å². The van der Waals surface area contributed by atoms with Crippen LogP contribution in [0.4, 0.5) is 8.78 Å². The van der Waals surface area contributed by atoms with Crippen molar-refractivity contribution in [2.24, 2.45) is 5.92 Å². The molecule has 0 bridgehead atoms. The van der Waals surface area contributed by atoms with Crippen molar-refractivity contribution in [3.05, 3.63) is 76.3 Å². The molecule has 2 aromatic rings. The number of likely N-dealkylation sites (tertiary alicyclic amines) is 2. The first-order valence-corrected chi connectivity index (χ1v) is 12.3. The molecule has 0 aliphatic carbocycles. The van der Waals surface area contributed by atoms with E-state index in [0.29, 0.717) is 30.5 Å². The van der Waals surface area contributed by atoms with Crippen LogP contribution >= 0.6 is 11.6 Å². The highest BCUT2D eigenvalue weighted by Gasteiger charge is 2.33. The van der Waals surface area contributed by atoms with Crippen LogP contribution in [0.5, 0.6) is 0 Å². The number of aliphatic hydroxyl groups excluding tert-OH is 1. The number of rotatable bonds is 6. The third kappa shape index (κ3) is 6.23. The summed E-state index contributed by atoms with van der Waals surface area (Å²) in [6.07, 6.45) is 6.59. The minimum absolute atomic E-state index is 0.106. The quantitative estimate of drug-likeness (QED) is 0.575. The molecule has 1 N–H and O–H groups in total. The zero-order chi connectivity index (χ0) is 24.1. The molecule has 2 saturated heterocycles. The van der Waals surface area contributed by atoms with Gasteiger partial charge in [-0.3, -0.25) is 9.69 Å². The zero-order valence-corrected chi connectivity index (χ0v) is 19.9. The van der Waals surface area contributed by atoms with Crippen LogP contribution in [0.15, 0.2) is 48.5 Å². The molecule has 7 heteroatoms. The highest BCUT2D eigenvalue weighted by molar-refractivity contribution is 6.30. The van der Waals surface area contributed by atoms with Gasteiger partial charge in [0.2, 0.25) is 5.91 Å². The summed E-state index contributed by atoms with van der Waals surface area (Å²) in [7, 11) is 0. The molecule has 2 aliphatic heterocycles. The lowest BCUT2D eigenvalue weighted by Gasteiger charge is -2.43. The van der Waals surface area contributed by atoms with Crippen LogP contribution in [0, 0.1) is 17.6 Å². The van der Waals surface area contributed by atoms with Crippen LogP contribution in [0.3, 0.4) is 0 Å². The number of aliphatic hydroxyl groups is 1. The molecule has 1 atom stereocenters. The highest BCUT2D eigenvalue weighted by atomic mass is 35.5. The number of carbonyl (C=O) groups is 1. The molecule has 0 radical (unpaired) electrons. The van der Waals surface area contributed by atoms with Crippen molar-refractivity contribution in [3.63, 3.8) is 0 Å². The summed E-state index contributed by atoms with van der Waals surface area (Å²) in [5, 5.41) is 10.9. The number of carbonyl (C=O) groups excluding carboxylic acids is 1. The Morgan fingerprint density at radius 1 is 1.00 bits per heavy atom. The first-order chi connectivity index (χ1) is 16.4. The van der Waals surface area contributed by atoms with E-state index >= 15 is 0 Å². The lowest BCUT2D eigenvalue weighted by molar-refractivity contribution is -0.127. The second-order valence-corrected chi connectivity index (χ2v) is 9.75. The molecule has 4 nitrogen and oxygen atoms in total. The Kier molecular flexibility index (Phi) is 8.35. The summed E-state index contributed by atoms with van der Waals surface area (Å²) in [4.78, 5) is 16.7. The zero-order valence-electron chi connectivity index (χ0n) is 19.2. The van der Waals surface area contributed by atoms with E-state index < -0.39 is 11.6 Å². The monoisotopic (exact) mass is 488 g/mol. The second-order valence-electron chi connectivity index (χ2n) is 9.31. The van der Waals surface area contributed by atoms with E-state index in [2.05, 4.69) is 17.0 Å². The van der Waals surface area contributed by atoms with E-state index in [-0.39, 0.29) is 18.6 Å². The summed E-state index contributed by atoms with van der Waals surface area (Å²) >= 11 is 6.02. The number of benzene rings is 2. The largest absolute Gasteiger partial charge is 0.395 e. The molecule has 2 aromatic carbocycles. The summed E-state index contributed by atoms with van der Waals surface area (Å²) < 4.78 is 26.7. The average Bonchev–Trinajstić information content (AvgIpc) is 2.84. The lowest BCUT2D eigenvalue weighted by atomic mass is 9.85. The number of piperidine rings is 2. The molecular formula is C27H31ClF2N2O2. The van der Waals surface area contributed by atoms with Gasteiger partial charge in [-0.25, -0.2) is 8.78 Å². The minimum atomic E-state index is -0.667. The summed E-state index contributed by atoms with van der Waals surface area (Å²) in [6.45, 7) is 3.25. The van der Waals surface area contributed by atoms with Crippen molar-refractivity contribution in [1.29, 1.82) is 0 Å². The number of amides is 1. The predicted molar refractivity (Wildman–Crippen MR) is 131 cm³/mol. The molecule has 1 unspecified atom stereocenters. The van der Waals surface area contributed by atoms with Gasteiger partial charge in [-0.15, -0.1) is 0 Å². The topological polar surface area (TPSA) is 43.8 Å². The Morgan fingerprint density at radius 3 is 2.21 bits per heavy atom. The molecular weight excluding hydrogens is 458 g/mol. The molecule has 2 heterocycles. The van der Waals surface area contributed by atoms with Crippen LogP contribution in [0.25, 0.3) is 6.08 Å². The maximum absolute atomic E-state index is 13.3. The van der Waals surface area contributed by atoms with Gasteiger partial charge in [-0.05, 0) is 92.1 Å². The fraction of sp³-hybridized carbons (Fsp3) is 0.444. The van der Waals surface area contributed by atoms with Gasteiger partial charge in [0, 0.05) is 36.3 Å². The van der Waals surface area contributed by atoms with Gasteiger partial charge in [-0.2, -0.15) is 0 Å². The SMILES string of the molecule is O=C(C=Cc1cc(F)cc(F)c1)N1CCC(C(CO)N2CCC(c3ccc(Cl)cc3)CC2)CC1. The average molecular weight is 489 g/mol. The van der Waals surface area contributed by atoms with Crippen molar-refractivity contribution >= 4 is 23.6 Å². The first kappa shape index (κ1) is 24.8. The standard InChI is InChI=1S/C27H31ClF2N2O2/c28-23-4-2-20(3-5-23)21-7-11-31(12-8-21)26(18-33)22-9-13-32(14-10-22)27(34)6-1-19-15-24(29)17-25(30)16-19/h1-6,15-17,21-22,26,33H,7-14,18H2. The Balaban J connectivity index is 1.27. The third-order valence-corrected chi connectivity index (χ3v) is 7.48. The minimum Gasteiger partial charge on any atom is -0.395 e. The maximum Gasteiger partial charge on any atom is 0.246 e. The molecule has 0 spiro atoms. The van der Waals surface area contributed by atoms with E-state index in [4.69, 9.17) is 11.6 Å². The second kappa shape index (κ2) is 11.4.